The highest BCUT2D eigenvalue weighted by Gasteiger charge is 2.57. The highest BCUT2D eigenvalue weighted by atomic mass is 16.5. The summed E-state index contributed by atoms with van der Waals surface area (Å²) in [4.78, 5) is 24.2. The number of hydrogen-bond donors (Lipinski definition) is 2. The SMILES string of the molecule is CCCC(Oc1c(-c2cccc3c2CNC3=O)ccc(OC)c1OC)C1(C(=O)O)CC1. The fourth-order valence-corrected chi connectivity index (χ4v) is 4.39. The summed E-state index contributed by atoms with van der Waals surface area (Å²) < 4.78 is 17.6. The minimum atomic E-state index is -0.877. The molecule has 2 N–H and O–H groups in total. The monoisotopic (exact) mass is 425 g/mol. The second-order valence-corrected chi connectivity index (χ2v) is 8.05. The van der Waals surface area contributed by atoms with Gasteiger partial charge in [-0.2, -0.15) is 0 Å². The predicted octanol–water partition coefficient (Wildman–Crippen LogP) is 4.03. The topological polar surface area (TPSA) is 94.1 Å². The molecule has 31 heavy (non-hydrogen) atoms. The van der Waals surface area contributed by atoms with Crippen molar-refractivity contribution in [2.24, 2.45) is 5.41 Å². The van der Waals surface area contributed by atoms with Crippen molar-refractivity contribution in [3.8, 4) is 28.4 Å². The van der Waals surface area contributed by atoms with Gasteiger partial charge in [-0.3, -0.25) is 9.59 Å². The normalized spacial score (nSPS) is 16.8. The number of benzene rings is 2. The number of carbonyl (C=O) groups excluding carboxylic acids is 1. The number of carbonyl (C=O) groups is 2. The second-order valence-electron chi connectivity index (χ2n) is 8.05. The van der Waals surface area contributed by atoms with Crippen LogP contribution in [0.15, 0.2) is 30.3 Å². The Labute approximate surface area is 181 Å². The average Bonchev–Trinajstić information content (AvgIpc) is 3.51. The van der Waals surface area contributed by atoms with Crippen molar-refractivity contribution >= 4 is 11.9 Å². The Balaban J connectivity index is 1.87. The van der Waals surface area contributed by atoms with Crippen molar-refractivity contribution in [1.29, 1.82) is 0 Å². The third kappa shape index (κ3) is 3.48. The van der Waals surface area contributed by atoms with Crippen molar-refractivity contribution in [2.45, 2.75) is 45.3 Å². The van der Waals surface area contributed by atoms with Gasteiger partial charge in [-0.1, -0.05) is 25.5 Å². The number of fused-ring (bicyclic) bond motifs is 1. The average molecular weight is 425 g/mol. The highest BCUT2D eigenvalue weighted by Crippen LogP contribution is 2.54. The predicted molar refractivity (Wildman–Crippen MR) is 115 cm³/mol. The smallest absolute Gasteiger partial charge is 0.313 e. The van der Waals surface area contributed by atoms with E-state index in [1.54, 1.807) is 19.2 Å². The molecule has 164 valence electrons. The van der Waals surface area contributed by atoms with Crippen molar-refractivity contribution in [2.75, 3.05) is 14.2 Å². The van der Waals surface area contributed by atoms with Gasteiger partial charge in [0.1, 0.15) is 11.5 Å². The number of ether oxygens (including phenoxy) is 3. The van der Waals surface area contributed by atoms with Crippen LogP contribution in [0.2, 0.25) is 0 Å². The molecular weight excluding hydrogens is 398 g/mol. The van der Waals surface area contributed by atoms with E-state index >= 15 is 0 Å². The minimum absolute atomic E-state index is 0.105. The Kier molecular flexibility index (Phi) is 5.52. The highest BCUT2D eigenvalue weighted by molar-refractivity contribution is 6.01. The standard InChI is InChI=1S/C24H27NO6/c1-4-6-19(24(11-12-24)23(27)28)31-20-15(9-10-18(29-2)21(20)30-3)14-7-5-8-16-17(14)13-25-22(16)26/h5,7-10,19H,4,6,11-13H2,1-3H3,(H,25,26)(H,27,28). The van der Waals surface area contributed by atoms with Crippen LogP contribution in [-0.2, 0) is 11.3 Å². The van der Waals surface area contributed by atoms with Crippen LogP contribution in [0, 0.1) is 5.41 Å². The Bertz CT molecular complexity index is 1030. The van der Waals surface area contributed by atoms with Gasteiger partial charge in [0.25, 0.3) is 5.91 Å². The van der Waals surface area contributed by atoms with Crippen LogP contribution in [0.25, 0.3) is 11.1 Å². The third-order valence-electron chi connectivity index (χ3n) is 6.28. The lowest BCUT2D eigenvalue weighted by atomic mass is 9.93. The zero-order valence-corrected chi connectivity index (χ0v) is 18.0. The second kappa shape index (κ2) is 8.13. The van der Waals surface area contributed by atoms with E-state index in [0.29, 0.717) is 48.6 Å². The van der Waals surface area contributed by atoms with Gasteiger partial charge in [0.15, 0.2) is 11.5 Å². The quantitative estimate of drug-likeness (QED) is 0.630. The maximum atomic E-state index is 12.2. The van der Waals surface area contributed by atoms with Crippen molar-refractivity contribution in [3.63, 3.8) is 0 Å². The van der Waals surface area contributed by atoms with Crippen LogP contribution < -0.4 is 19.5 Å². The molecule has 2 aromatic carbocycles. The van der Waals surface area contributed by atoms with Crippen molar-refractivity contribution in [3.05, 3.63) is 41.5 Å². The molecule has 1 unspecified atom stereocenters. The molecule has 1 aliphatic carbocycles. The molecule has 0 saturated heterocycles. The minimum Gasteiger partial charge on any atom is -0.493 e. The number of hydrogen-bond acceptors (Lipinski definition) is 5. The van der Waals surface area contributed by atoms with Crippen LogP contribution in [0.4, 0.5) is 0 Å². The first kappa shape index (κ1) is 21.0. The van der Waals surface area contributed by atoms with Gasteiger partial charge in [0.2, 0.25) is 5.75 Å². The largest absolute Gasteiger partial charge is 0.493 e. The molecule has 2 aliphatic rings. The summed E-state index contributed by atoms with van der Waals surface area (Å²) in [5.74, 6) is 0.424. The molecule has 1 aliphatic heterocycles. The number of rotatable bonds is 9. The molecule has 1 fully saturated rings. The Morgan fingerprint density at radius 3 is 2.45 bits per heavy atom. The van der Waals surface area contributed by atoms with Crippen molar-refractivity contribution in [1.82, 2.24) is 5.32 Å². The van der Waals surface area contributed by atoms with E-state index < -0.39 is 17.5 Å². The summed E-state index contributed by atoms with van der Waals surface area (Å²) >= 11 is 0. The maximum Gasteiger partial charge on any atom is 0.313 e. The molecule has 0 aromatic heterocycles. The number of carboxylic acids is 1. The van der Waals surface area contributed by atoms with E-state index in [1.807, 2.05) is 25.1 Å². The summed E-state index contributed by atoms with van der Waals surface area (Å²) in [5.41, 5.74) is 2.23. The van der Waals surface area contributed by atoms with Gasteiger partial charge in [0, 0.05) is 17.7 Å². The molecule has 4 rings (SSSR count). The van der Waals surface area contributed by atoms with Crippen LogP contribution in [-0.4, -0.2) is 37.3 Å². The first-order valence-corrected chi connectivity index (χ1v) is 10.5. The van der Waals surface area contributed by atoms with Crippen LogP contribution >= 0.6 is 0 Å². The number of amides is 1. The van der Waals surface area contributed by atoms with Gasteiger partial charge in [-0.05, 0) is 48.6 Å². The van der Waals surface area contributed by atoms with Gasteiger partial charge in [-0.15, -0.1) is 0 Å². The third-order valence-corrected chi connectivity index (χ3v) is 6.28. The summed E-state index contributed by atoms with van der Waals surface area (Å²) in [6.45, 7) is 2.44. The fourth-order valence-electron chi connectivity index (χ4n) is 4.39. The number of methoxy groups -OCH3 is 2. The molecule has 1 heterocycles. The molecule has 7 nitrogen and oxygen atoms in total. The zero-order chi connectivity index (χ0) is 22.2. The molecule has 0 radical (unpaired) electrons. The summed E-state index contributed by atoms with van der Waals surface area (Å²) in [6, 6.07) is 9.24. The molecule has 2 aromatic rings. The molecule has 1 atom stereocenters. The summed E-state index contributed by atoms with van der Waals surface area (Å²) in [6.07, 6.45) is 2.09. The molecule has 7 heteroatoms. The van der Waals surface area contributed by atoms with E-state index in [1.165, 1.54) is 7.11 Å². The first-order chi connectivity index (χ1) is 15.0. The number of nitrogens with one attached hydrogen (secondary N) is 1. The lowest BCUT2D eigenvalue weighted by molar-refractivity contribution is -0.147. The number of carboxylic acid groups (broad SMARTS) is 1. The van der Waals surface area contributed by atoms with Gasteiger partial charge >= 0.3 is 5.97 Å². The summed E-state index contributed by atoms with van der Waals surface area (Å²) in [7, 11) is 3.08. The summed E-state index contributed by atoms with van der Waals surface area (Å²) in [5, 5.41) is 12.7. The fraction of sp³-hybridized carbons (Fsp3) is 0.417. The van der Waals surface area contributed by atoms with Crippen LogP contribution in [0.5, 0.6) is 17.2 Å². The van der Waals surface area contributed by atoms with Crippen LogP contribution in [0.1, 0.15) is 48.5 Å². The van der Waals surface area contributed by atoms with Gasteiger partial charge in [-0.25, -0.2) is 0 Å². The van der Waals surface area contributed by atoms with E-state index in [2.05, 4.69) is 5.32 Å². The Morgan fingerprint density at radius 1 is 1.10 bits per heavy atom. The van der Waals surface area contributed by atoms with E-state index in [9.17, 15) is 14.7 Å². The van der Waals surface area contributed by atoms with Gasteiger partial charge in [0.05, 0.1) is 14.2 Å². The lowest BCUT2D eigenvalue weighted by Crippen LogP contribution is -2.35. The number of aliphatic carboxylic acids is 1. The lowest BCUT2D eigenvalue weighted by Gasteiger charge is -2.28. The van der Waals surface area contributed by atoms with E-state index in [4.69, 9.17) is 14.2 Å². The molecule has 1 amide bonds. The first-order valence-electron chi connectivity index (χ1n) is 10.5. The van der Waals surface area contributed by atoms with Gasteiger partial charge < -0.3 is 24.6 Å². The molecule has 0 bridgehead atoms. The Hall–Kier alpha value is -3.22. The van der Waals surface area contributed by atoms with Crippen molar-refractivity contribution < 1.29 is 28.9 Å². The molecule has 1 saturated carbocycles. The van der Waals surface area contributed by atoms with E-state index in [-0.39, 0.29) is 5.91 Å². The zero-order valence-electron chi connectivity index (χ0n) is 18.0. The molecule has 0 spiro atoms. The van der Waals surface area contributed by atoms with Crippen LogP contribution in [0.3, 0.4) is 0 Å². The maximum absolute atomic E-state index is 12.2. The van der Waals surface area contributed by atoms with E-state index in [0.717, 1.165) is 23.1 Å². The Morgan fingerprint density at radius 2 is 1.84 bits per heavy atom. The molecular formula is C24H27NO6.